The van der Waals surface area contributed by atoms with E-state index in [9.17, 15) is 13.9 Å². The second-order valence-electron chi connectivity index (χ2n) is 4.99. The molecule has 3 N–H and O–H groups in total. The molecule has 4 nitrogen and oxygen atoms in total. The van der Waals surface area contributed by atoms with Crippen molar-refractivity contribution in [2.75, 3.05) is 5.73 Å². The Morgan fingerprint density at radius 3 is 2.67 bits per heavy atom. The van der Waals surface area contributed by atoms with Crippen LogP contribution < -0.4 is 5.73 Å². The molecule has 1 aromatic carbocycles. The standard InChI is InChI=1S/C15H17F2N3O/c1-3-15(21,11-5-4-10(16)6-12(11)17)9(2)14-13(18)7-19-8-20-14/h4-9,21H,3,18H2,1-2H3/t9?,15-/m1/s1. The number of nitrogens with two attached hydrogens (primary N) is 1. The van der Waals surface area contributed by atoms with Gasteiger partial charge < -0.3 is 10.8 Å². The first-order valence-corrected chi connectivity index (χ1v) is 6.63. The molecule has 1 unspecified atom stereocenters. The molecule has 0 saturated carbocycles. The van der Waals surface area contributed by atoms with Crippen LogP contribution in [0.4, 0.5) is 14.5 Å². The zero-order valence-electron chi connectivity index (χ0n) is 11.8. The summed E-state index contributed by atoms with van der Waals surface area (Å²) in [7, 11) is 0. The lowest BCUT2D eigenvalue weighted by Crippen LogP contribution is -2.33. The maximum atomic E-state index is 14.0. The highest BCUT2D eigenvalue weighted by atomic mass is 19.1. The van der Waals surface area contributed by atoms with E-state index in [4.69, 9.17) is 5.73 Å². The van der Waals surface area contributed by atoms with E-state index in [2.05, 4.69) is 9.97 Å². The highest BCUT2D eigenvalue weighted by Gasteiger charge is 2.38. The zero-order valence-corrected chi connectivity index (χ0v) is 11.8. The molecule has 6 heteroatoms. The number of rotatable bonds is 4. The van der Waals surface area contributed by atoms with Gasteiger partial charge in [-0.3, -0.25) is 0 Å². The van der Waals surface area contributed by atoms with Crippen LogP contribution in [-0.2, 0) is 5.60 Å². The van der Waals surface area contributed by atoms with Gasteiger partial charge in [0, 0.05) is 17.5 Å². The number of hydrogen-bond acceptors (Lipinski definition) is 4. The Kier molecular flexibility index (Phi) is 4.18. The fraction of sp³-hybridized carbons (Fsp3) is 0.333. The monoisotopic (exact) mass is 293 g/mol. The molecule has 0 amide bonds. The molecule has 0 bridgehead atoms. The van der Waals surface area contributed by atoms with Gasteiger partial charge in [0.2, 0.25) is 0 Å². The predicted molar refractivity (Wildman–Crippen MR) is 75.4 cm³/mol. The molecule has 0 aliphatic rings. The molecule has 2 aromatic rings. The van der Waals surface area contributed by atoms with Crippen molar-refractivity contribution in [1.29, 1.82) is 0 Å². The predicted octanol–water partition coefficient (Wildman–Crippen LogP) is 2.74. The van der Waals surface area contributed by atoms with Crippen molar-refractivity contribution in [3.05, 3.63) is 53.6 Å². The minimum atomic E-state index is -1.54. The van der Waals surface area contributed by atoms with E-state index < -0.39 is 23.2 Å². The summed E-state index contributed by atoms with van der Waals surface area (Å²) in [6.07, 6.45) is 2.97. The lowest BCUT2D eigenvalue weighted by molar-refractivity contribution is 0.00407. The maximum absolute atomic E-state index is 14.0. The van der Waals surface area contributed by atoms with Crippen molar-refractivity contribution in [3.63, 3.8) is 0 Å². The third-order valence-electron chi connectivity index (χ3n) is 3.84. The third kappa shape index (κ3) is 2.71. The van der Waals surface area contributed by atoms with E-state index in [1.807, 2.05) is 0 Å². The topological polar surface area (TPSA) is 72.0 Å². The SMILES string of the molecule is CC[C@](O)(c1ccc(F)cc1F)C(C)c1ncncc1N. The van der Waals surface area contributed by atoms with Crippen LogP contribution in [0.1, 0.15) is 37.4 Å². The smallest absolute Gasteiger partial charge is 0.132 e. The summed E-state index contributed by atoms with van der Waals surface area (Å²) in [6, 6.07) is 3.13. The number of halogens is 2. The van der Waals surface area contributed by atoms with Crippen LogP contribution in [0, 0.1) is 11.6 Å². The van der Waals surface area contributed by atoms with Gasteiger partial charge in [-0.1, -0.05) is 19.9 Å². The number of nitrogens with zero attached hydrogens (tertiary/aromatic N) is 2. The van der Waals surface area contributed by atoms with E-state index in [1.54, 1.807) is 13.8 Å². The van der Waals surface area contributed by atoms with E-state index >= 15 is 0 Å². The molecule has 0 spiro atoms. The minimum Gasteiger partial charge on any atom is -0.396 e. The van der Waals surface area contributed by atoms with E-state index in [-0.39, 0.29) is 12.0 Å². The van der Waals surface area contributed by atoms with Crippen LogP contribution in [0.5, 0.6) is 0 Å². The Hall–Kier alpha value is -2.08. The minimum absolute atomic E-state index is 0.0249. The summed E-state index contributed by atoms with van der Waals surface area (Å²) in [5.41, 5.74) is 5.05. The van der Waals surface area contributed by atoms with E-state index in [0.29, 0.717) is 11.4 Å². The molecule has 0 radical (unpaired) electrons. The van der Waals surface area contributed by atoms with Crippen LogP contribution in [0.25, 0.3) is 0 Å². The molecule has 1 aromatic heterocycles. The quantitative estimate of drug-likeness (QED) is 0.909. The lowest BCUT2D eigenvalue weighted by atomic mass is 9.78. The van der Waals surface area contributed by atoms with Crippen molar-refractivity contribution in [3.8, 4) is 0 Å². The molecule has 2 atom stereocenters. The average molecular weight is 293 g/mol. The summed E-state index contributed by atoms with van der Waals surface area (Å²) in [4.78, 5) is 7.87. The highest BCUT2D eigenvalue weighted by Crippen LogP contribution is 2.41. The van der Waals surface area contributed by atoms with Gasteiger partial charge >= 0.3 is 0 Å². The first-order chi connectivity index (χ1) is 9.90. The normalized spacial score (nSPS) is 15.5. The fourth-order valence-corrected chi connectivity index (χ4v) is 2.51. The lowest BCUT2D eigenvalue weighted by Gasteiger charge is -2.34. The van der Waals surface area contributed by atoms with Crippen LogP contribution in [-0.4, -0.2) is 15.1 Å². The van der Waals surface area contributed by atoms with Gasteiger partial charge in [-0.05, 0) is 12.5 Å². The van der Waals surface area contributed by atoms with Crippen LogP contribution in [0.15, 0.2) is 30.7 Å². The second kappa shape index (κ2) is 5.73. The Morgan fingerprint density at radius 2 is 2.10 bits per heavy atom. The van der Waals surface area contributed by atoms with Gasteiger partial charge in [0.05, 0.1) is 17.6 Å². The molecule has 21 heavy (non-hydrogen) atoms. The first-order valence-electron chi connectivity index (χ1n) is 6.63. The molecule has 112 valence electrons. The van der Waals surface area contributed by atoms with Gasteiger partial charge in [0.25, 0.3) is 0 Å². The summed E-state index contributed by atoms with van der Waals surface area (Å²) in [5, 5.41) is 10.9. The number of aliphatic hydroxyl groups is 1. The van der Waals surface area contributed by atoms with Crippen molar-refractivity contribution < 1.29 is 13.9 Å². The third-order valence-corrected chi connectivity index (χ3v) is 3.84. The van der Waals surface area contributed by atoms with E-state index in [0.717, 1.165) is 12.1 Å². The second-order valence-corrected chi connectivity index (χ2v) is 4.99. The molecule has 0 aliphatic heterocycles. The number of hydrogen-bond donors (Lipinski definition) is 2. The molecule has 0 fully saturated rings. The molecular formula is C15H17F2N3O. The van der Waals surface area contributed by atoms with E-state index in [1.165, 1.54) is 18.6 Å². The molecule has 1 heterocycles. The summed E-state index contributed by atoms with van der Waals surface area (Å²) in [5.74, 6) is -2.06. The van der Waals surface area contributed by atoms with Crippen molar-refractivity contribution in [2.24, 2.45) is 0 Å². The summed E-state index contributed by atoms with van der Waals surface area (Å²) >= 11 is 0. The molecule has 0 aliphatic carbocycles. The van der Waals surface area contributed by atoms with Crippen molar-refractivity contribution in [2.45, 2.75) is 31.8 Å². The maximum Gasteiger partial charge on any atom is 0.132 e. The largest absolute Gasteiger partial charge is 0.396 e. The van der Waals surface area contributed by atoms with Crippen LogP contribution in [0.2, 0.25) is 0 Å². The Labute approximate surface area is 121 Å². The number of benzene rings is 1. The van der Waals surface area contributed by atoms with Crippen LogP contribution >= 0.6 is 0 Å². The van der Waals surface area contributed by atoms with Gasteiger partial charge in [-0.2, -0.15) is 0 Å². The number of aromatic nitrogens is 2. The Morgan fingerprint density at radius 1 is 1.38 bits per heavy atom. The van der Waals surface area contributed by atoms with Crippen LogP contribution in [0.3, 0.4) is 0 Å². The van der Waals surface area contributed by atoms with Gasteiger partial charge in [-0.25, -0.2) is 18.7 Å². The average Bonchev–Trinajstić information content (AvgIpc) is 2.46. The summed E-state index contributed by atoms with van der Waals surface area (Å²) in [6.45, 7) is 3.42. The number of anilines is 1. The first kappa shape index (κ1) is 15.3. The number of nitrogen functional groups attached to an aromatic ring is 1. The highest BCUT2D eigenvalue weighted by molar-refractivity contribution is 5.44. The van der Waals surface area contributed by atoms with Gasteiger partial charge in [-0.15, -0.1) is 0 Å². The van der Waals surface area contributed by atoms with Crippen molar-refractivity contribution >= 4 is 5.69 Å². The molecule has 0 saturated heterocycles. The van der Waals surface area contributed by atoms with Gasteiger partial charge in [0.1, 0.15) is 23.6 Å². The zero-order chi connectivity index (χ0) is 15.6. The van der Waals surface area contributed by atoms with Gasteiger partial charge in [0.15, 0.2) is 0 Å². The fourth-order valence-electron chi connectivity index (χ4n) is 2.51. The van der Waals surface area contributed by atoms with Crippen molar-refractivity contribution in [1.82, 2.24) is 9.97 Å². The molecular weight excluding hydrogens is 276 g/mol. The Balaban J connectivity index is 2.53. The summed E-state index contributed by atoms with van der Waals surface area (Å²) < 4.78 is 27.1. The Bertz CT molecular complexity index is 651. The molecule has 2 rings (SSSR count).